The molecule has 1 aromatic heterocycles. The first-order valence-electron chi connectivity index (χ1n) is 6.23. The maximum Gasteiger partial charge on any atom is 0.172 e. The Hall–Kier alpha value is -1.32. The molecule has 3 nitrogen and oxygen atoms in total. The Labute approximate surface area is 99.7 Å². The molecule has 3 heteroatoms. The molecule has 17 heavy (non-hydrogen) atoms. The van der Waals surface area contributed by atoms with Gasteiger partial charge in [-0.2, -0.15) is 0 Å². The molecule has 1 spiro atoms. The number of H-pyrrole nitrogens is 1. The SMILES string of the molecule is c1ccc2c3c([nH]c2c1)CCC1(C3)OCCO1. The van der Waals surface area contributed by atoms with E-state index in [1.165, 1.54) is 22.2 Å². The van der Waals surface area contributed by atoms with Crippen LogP contribution in [0.3, 0.4) is 0 Å². The Morgan fingerprint density at radius 3 is 2.82 bits per heavy atom. The summed E-state index contributed by atoms with van der Waals surface area (Å²) in [6.07, 6.45) is 2.86. The van der Waals surface area contributed by atoms with Crippen molar-refractivity contribution in [2.45, 2.75) is 25.0 Å². The van der Waals surface area contributed by atoms with Crippen LogP contribution in [0.4, 0.5) is 0 Å². The fourth-order valence-electron chi connectivity index (χ4n) is 3.09. The van der Waals surface area contributed by atoms with Crippen molar-refractivity contribution in [2.24, 2.45) is 0 Å². The molecule has 0 bridgehead atoms. The van der Waals surface area contributed by atoms with Crippen molar-refractivity contribution in [1.82, 2.24) is 4.98 Å². The minimum atomic E-state index is -0.335. The van der Waals surface area contributed by atoms with E-state index in [2.05, 4.69) is 29.2 Å². The summed E-state index contributed by atoms with van der Waals surface area (Å²) < 4.78 is 11.6. The minimum Gasteiger partial charge on any atom is -0.358 e. The first kappa shape index (κ1) is 9.68. The van der Waals surface area contributed by atoms with Gasteiger partial charge in [0.25, 0.3) is 0 Å². The summed E-state index contributed by atoms with van der Waals surface area (Å²) in [6.45, 7) is 1.47. The molecule has 0 amide bonds. The van der Waals surface area contributed by atoms with E-state index in [4.69, 9.17) is 9.47 Å². The van der Waals surface area contributed by atoms with Gasteiger partial charge in [0.15, 0.2) is 5.79 Å². The molecule has 0 atom stereocenters. The molecule has 2 aliphatic rings. The smallest absolute Gasteiger partial charge is 0.172 e. The molecule has 4 rings (SSSR count). The zero-order chi connectivity index (χ0) is 11.3. The van der Waals surface area contributed by atoms with Gasteiger partial charge in [0.1, 0.15) is 0 Å². The highest BCUT2D eigenvalue weighted by Gasteiger charge is 2.40. The lowest BCUT2D eigenvalue weighted by Crippen LogP contribution is -2.36. The second-order valence-electron chi connectivity index (χ2n) is 4.91. The predicted molar refractivity (Wildman–Crippen MR) is 65.0 cm³/mol. The van der Waals surface area contributed by atoms with E-state index in [1.54, 1.807) is 0 Å². The number of benzene rings is 1. The third kappa shape index (κ3) is 1.36. The molecule has 0 radical (unpaired) electrons. The van der Waals surface area contributed by atoms with Crippen LogP contribution in [-0.4, -0.2) is 24.0 Å². The molecular formula is C14H15NO2. The molecule has 1 aliphatic carbocycles. The molecule has 0 unspecified atom stereocenters. The van der Waals surface area contributed by atoms with E-state index in [0.29, 0.717) is 0 Å². The van der Waals surface area contributed by atoms with Crippen molar-refractivity contribution in [2.75, 3.05) is 13.2 Å². The predicted octanol–water partition coefficient (Wildman–Crippen LogP) is 2.40. The van der Waals surface area contributed by atoms with Crippen LogP contribution in [0.15, 0.2) is 24.3 Å². The lowest BCUT2D eigenvalue weighted by atomic mass is 9.90. The highest BCUT2D eigenvalue weighted by atomic mass is 16.7. The number of para-hydroxylation sites is 1. The van der Waals surface area contributed by atoms with E-state index in [-0.39, 0.29) is 5.79 Å². The van der Waals surface area contributed by atoms with Gasteiger partial charge in [-0.15, -0.1) is 0 Å². The monoisotopic (exact) mass is 229 g/mol. The van der Waals surface area contributed by atoms with Crippen molar-refractivity contribution in [3.63, 3.8) is 0 Å². The highest BCUT2D eigenvalue weighted by Crippen LogP contribution is 2.38. The van der Waals surface area contributed by atoms with Crippen LogP contribution in [0.2, 0.25) is 0 Å². The third-order valence-electron chi connectivity index (χ3n) is 3.92. The lowest BCUT2D eigenvalue weighted by Gasteiger charge is -2.31. The molecule has 88 valence electrons. The summed E-state index contributed by atoms with van der Waals surface area (Å²) in [5, 5.41) is 1.32. The molecule has 1 fully saturated rings. The normalized spacial score (nSPS) is 22.1. The molecule has 2 heterocycles. The fraction of sp³-hybridized carbons (Fsp3) is 0.429. The minimum absolute atomic E-state index is 0.335. The van der Waals surface area contributed by atoms with Crippen LogP contribution in [-0.2, 0) is 22.3 Å². The van der Waals surface area contributed by atoms with E-state index in [9.17, 15) is 0 Å². The van der Waals surface area contributed by atoms with Gasteiger partial charge in [0.05, 0.1) is 13.2 Å². The summed E-state index contributed by atoms with van der Waals surface area (Å²) >= 11 is 0. The van der Waals surface area contributed by atoms with Crippen LogP contribution in [0.25, 0.3) is 10.9 Å². The summed E-state index contributed by atoms with van der Waals surface area (Å²) in [5.41, 5.74) is 3.97. The number of hydrogen-bond donors (Lipinski definition) is 1. The Morgan fingerprint density at radius 1 is 1.12 bits per heavy atom. The van der Waals surface area contributed by atoms with Crippen LogP contribution in [0.5, 0.6) is 0 Å². The molecule has 1 saturated heterocycles. The second kappa shape index (κ2) is 3.34. The van der Waals surface area contributed by atoms with Gasteiger partial charge < -0.3 is 14.5 Å². The summed E-state index contributed by atoms with van der Waals surface area (Å²) in [5.74, 6) is -0.335. The number of nitrogens with one attached hydrogen (secondary N) is 1. The lowest BCUT2D eigenvalue weighted by molar-refractivity contribution is -0.163. The van der Waals surface area contributed by atoms with Gasteiger partial charge in [0.2, 0.25) is 0 Å². The molecule has 1 aliphatic heterocycles. The Balaban J connectivity index is 1.85. The number of aromatic amines is 1. The van der Waals surface area contributed by atoms with E-state index in [0.717, 1.165) is 32.5 Å². The van der Waals surface area contributed by atoms with Gasteiger partial charge in [-0.1, -0.05) is 18.2 Å². The number of aromatic nitrogens is 1. The van der Waals surface area contributed by atoms with E-state index < -0.39 is 0 Å². The maximum absolute atomic E-state index is 5.82. The number of rotatable bonds is 0. The Kier molecular flexibility index (Phi) is 1.90. The van der Waals surface area contributed by atoms with Gasteiger partial charge in [-0.05, 0) is 18.1 Å². The van der Waals surface area contributed by atoms with Crippen LogP contribution in [0.1, 0.15) is 17.7 Å². The van der Waals surface area contributed by atoms with Crippen LogP contribution in [0, 0.1) is 0 Å². The van der Waals surface area contributed by atoms with Gasteiger partial charge in [0, 0.05) is 29.4 Å². The second-order valence-corrected chi connectivity index (χ2v) is 4.91. The zero-order valence-electron chi connectivity index (χ0n) is 9.66. The fourth-order valence-corrected chi connectivity index (χ4v) is 3.09. The average Bonchev–Trinajstić information content (AvgIpc) is 2.95. The zero-order valence-corrected chi connectivity index (χ0v) is 9.66. The van der Waals surface area contributed by atoms with Crippen molar-refractivity contribution in [3.05, 3.63) is 35.5 Å². The van der Waals surface area contributed by atoms with E-state index in [1.807, 2.05) is 0 Å². The third-order valence-corrected chi connectivity index (χ3v) is 3.92. The van der Waals surface area contributed by atoms with Crippen molar-refractivity contribution in [1.29, 1.82) is 0 Å². The highest BCUT2D eigenvalue weighted by molar-refractivity contribution is 5.85. The number of ether oxygens (including phenoxy) is 2. The van der Waals surface area contributed by atoms with Crippen molar-refractivity contribution in [3.8, 4) is 0 Å². The summed E-state index contributed by atoms with van der Waals surface area (Å²) in [4.78, 5) is 3.51. The first-order chi connectivity index (χ1) is 8.36. The quantitative estimate of drug-likeness (QED) is 0.752. The van der Waals surface area contributed by atoms with Gasteiger partial charge in [-0.3, -0.25) is 0 Å². The average molecular weight is 229 g/mol. The maximum atomic E-state index is 5.82. The van der Waals surface area contributed by atoms with Crippen LogP contribution < -0.4 is 0 Å². The topological polar surface area (TPSA) is 34.2 Å². The summed E-state index contributed by atoms with van der Waals surface area (Å²) in [7, 11) is 0. The molecule has 1 aromatic carbocycles. The first-order valence-corrected chi connectivity index (χ1v) is 6.23. The van der Waals surface area contributed by atoms with Crippen molar-refractivity contribution < 1.29 is 9.47 Å². The molecule has 0 saturated carbocycles. The molecular weight excluding hydrogens is 214 g/mol. The number of aryl methyl sites for hydroxylation is 1. The van der Waals surface area contributed by atoms with Gasteiger partial charge >= 0.3 is 0 Å². The molecule has 1 N–H and O–H groups in total. The Morgan fingerprint density at radius 2 is 1.94 bits per heavy atom. The largest absolute Gasteiger partial charge is 0.358 e. The van der Waals surface area contributed by atoms with Crippen LogP contribution >= 0.6 is 0 Å². The van der Waals surface area contributed by atoms with Crippen molar-refractivity contribution >= 4 is 10.9 Å². The van der Waals surface area contributed by atoms with E-state index >= 15 is 0 Å². The summed E-state index contributed by atoms with van der Waals surface area (Å²) in [6, 6.07) is 8.48. The Bertz CT molecular complexity index is 567. The molecule has 2 aromatic rings. The standard InChI is InChI=1S/C14H15NO2/c1-2-4-12-10(3-1)11-9-14(16-7-8-17-14)6-5-13(11)15-12/h1-4,15H,5-9H2. The number of hydrogen-bond acceptors (Lipinski definition) is 2. The van der Waals surface area contributed by atoms with Gasteiger partial charge in [-0.25, -0.2) is 0 Å². The number of fused-ring (bicyclic) bond motifs is 3.